The zero-order chi connectivity index (χ0) is 9.84. The fourth-order valence-electron chi connectivity index (χ4n) is 0.963. The third kappa shape index (κ3) is 2.50. The molecule has 1 rings (SSSR count). The second kappa shape index (κ2) is 4.34. The van der Waals surface area contributed by atoms with Gasteiger partial charge in [-0.25, -0.2) is 0 Å². The summed E-state index contributed by atoms with van der Waals surface area (Å²) in [5.41, 5.74) is 16.7. The van der Waals surface area contributed by atoms with Crippen molar-refractivity contribution in [2.45, 2.75) is 13.5 Å². The second-order valence-corrected chi connectivity index (χ2v) is 3.84. The largest absolute Gasteiger partial charge is 0.398 e. The Hall–Kier alpha value is -0.940. The van der Waals surface area contributed by atoms with E-state index in [-0.39, 0.29) is 0 Å². The van der Waals surface area contributed by atoms with Crippen LogP contribution in [0.4, 0.5) is 5.69 Å². The lowest BCUT2D eigenvalue weighted by Gasteiger charge is -2.05. The Kier molecular flexibility index (Phi) is 3.39. The molecule has 0 fully saturated rings. The van der Waals surface area contributed by atoms with Crippen molar-refractivity contribution in [1.82, 2.24) is 0 Å². The Labute approximate surface area is 89.9 Å². The van der Waals surface area contributed by atoms with Gasteiger partial charge in [-0.1, -0.05) is 5.11 Å². The van der Waals surface area contributed by atoms with Crippen LogP contribution in [0.2, 0.25) is 0 Å². The highest BCUT2D eigenvalue weighted by atomic mass is 127. The monoisotopic (exact) mass is 288 g/mol. The molecule has 1 aromatic carbocycles. The summed E-state index contributed by atoms with van der Waals surface area (Å²) in [6.07, 6.45) is 0. The van der Waals surface area contributed by atoms with Gasteiger partial charge in [0.2, 0.25) is 0 Å². The second-order valence-electron chi connectivity index (χ2n) is 2.68. The van der Waals surface area contributed by atoms with E-state index in [0.29, 0.717) is 6.54 Å². The first kappa shape index (κ1) is 10.1. The molecule has 0 bridgehead atoms. The molecule has 0 radical (unpaired) electrons. The normalized spacial score (nSPS) is 9.38. The number of anilines is 1. The van der Waals surface area contributed by atoms with Gasteiger partial charge in [-0.3, -0.25) is 0 Å². The molecule has 0 aliphatic heterocycles. The van der Waals surface area contributed by atoms with Gasteiger partial charge < -0.3 is 5.73 Å². The fraction of sp³-hybridized carbons (Fsp3) is 0.250. The molecule has 2 N–H and O–H groups in total. The molecule has 0 aromatic heterocycles. The zero-order valence-corrected chi connectivity index (χ0v) is 9.32. The van der Waals surface area contributed by atoms with E-state index in [0.717, 1.165) is 20.4 Å². The molecule has 1 aromatic rings. The molecule has 68 valence electrons. The van der Waals surface area contributed by atoms with Crippen LogP contribution in [0.5, 0.6) is 0 Å². The van der Waals surface area contributed by atoms with E-state index in [9.17, 15) is 0 Å². The van der Waals surface area contributed by atoms with Crippen molar-refractivity contribution in [2.75, 3.05) is 5.73 Å². The fourth-order valence-corrected chi connectivity index (χ4v) is 1.67. The highest BCUT2D eigenvalue weighted by Crippen LogP contribution is 2.20. The summed E-state index contributed by atoms with van der Waals surface area (Å²) in [5.74, 6) is 0. The molecule has 4 nitrogen and oxygen atoms in total. The van der Waals surface area contributed by atoms with Gasteiger partial charge in [0.15, 0.2) is 0 Å². The Morgan fingerprint density at radius 2 is 2.31 bits per heavy atom. The van der Waals surface area contributed by atoms with E-state index in [2.05, 4.69) is 32.6 Å². The number of azide groups is 1. The van der Waals surface area contributed by atoms with Crippen molar-refractivity contribution in [3.63, 3.8) is 0 Å². The number of nitrogens with two attached hydrogens (primary N) is 1. The number of nitrogens with zero attached hydrogens (tertiary/aromatic N) is 3. The average Bonchev–Trinajstić information content (AvgIpc) is 2.10. The number of benzene rings is 1. The summed E-state index contributed by atoms with van der Waals surface area (Å²) in [6, 6.07) is 3.81. The lowest BCUT2D eigenvalue weighted by molar-refractivity contribution is 1.04. The smallest absolute Gasteiger partial charge is 0.0512 e. The Morgan fingerprint density at radius 3 is 2.85 bits per heavy atom. The molecule has 0 heterocycles. The minimum atomic E-state index is 0.358. The van der Waals surface area contributed by atoms with Crippen LogP contribution in [-0.2, 0) is 6.54 Å². The third-order valence-corrected chi connectivity index (χ3v) is 2.88. The predicted octanol–water partition coefficient (Wildman–Crippen LogP) is 2.99. The van der Waals surface area contributed by atoms with Crippen molar-refractivity contribution in [1.29, 1.82) is 0 Å². The molecule has 13 heavy (non-hydrogen) atoms. The maximum Gasteiger partial charge on any atom is 0.0512 e. The quantitative estimate of drug-likeness (QED) is 0.293. The Morgan fingerprint density at radius 1 is 1.62 bits per heavy atom. The van der Waals surface area contributed by atoms with Crippen LogP contribution in [-0.4, -0.2) is 0 Å². The molecular formula is C8H9IN4. The molecule has 0 atom stereocenters. The van der Waals surface area contributed by atoms with E-state index in [1.54, 1.807) is 0 Å². The summed E-state index contributed by atoms with van der Waals surface area (Å²) in [6.45, 7) is 2.32. The Bertz CT molecular complexity index is 345. The van der Waals surface area contributed by atoms with Crippen LogP contribution in [0.25, 0.3) is 10.4 Å². The molecular weight excluding hydrogens is 279 g/mol. The molecule has 0 amide bonds. The maximum atomic E-state index is 8.15. The van der Waals surface area contributed by atoms with Gasteiger partial charge in [-0.05, 0) is 58.3 Å². The Balaban J connectivity index is 3.05. The number of hydrogen-bond acceptors (Lipinski definition) is 2. The minimum Gasteiger partial charge on any atom is -0.398 e. The first-order valence-electron chi connectivity index (χ1n) is 3.70. The van der Waals surface area contributed by atoms with Crippen LogP contribution in [0.3, 0.4) is 0 Å². The van der Waals surface area contributed by atoms with E-state index in [1.807, 2.05) is 19.1 Å². The highest BCUT2D eigenvalue weighted by molar-refractivity contribution is 14.1. The van der Waals surface area contributed by atoms with Crippen LogP contribution >= 0.6 is 22.6 Å². The summed E-state index contributed by atoms with van der Waals surface area (Å²) >= 11 is 2.21. The molecule has 0 saturated heterocycles. The van der Waals surface area contributed by atoms with Gasteiger partial charge in [-0.2, -0.15) is 0 Å². The van der Waals surface area contributed by atoms with Crippen molar-refractivity contribution in [3.8, 4) is 0 Å². The van der Waals surface area contributed by atoms with Gasteiger partial charge in [-0.15, -0.1) is 0 Å². The predicted molar refractivity (Wildman–Crippen MR) is 61.2 cm³/mol. The van der Waals surface area contributed by atoms with Crippen LogP contribution in [0, 0.1) is 10.5 Å². The minimum absolute atomic E-state index is 0.358. The van der Waals surface area contributed by atoms with E-state index >= 15 is 0 Å². The lowest BCUT2D eigenvalue weighted by atomic mass is 10.1. The lowest BCUT2D eigenvalue weighted by Crippen LogP contribution is -1.94. The maximum absolute atomic E-state index is 8.15. The van der Waals surface area contributed by atoms with Gasteiger partial charge in [0, 0.05) is 14.2 Å². The van der Waals surface area contributed by atoms with E-state index in [4.69, 9.17) is 11.3 Å². The molecule has 0 saturated carbocycles. The zero-order valence-electron chi connectivity index (χ0n) is 7.16. The number of nitrogen functional groups attached to an aromatic ring is 1. The summed E-state index contributed by atoms with van der Waals surface area (Å²) in [4.78, 5) is 2.69. The van der Waals surface area contributed by atoms with Crippen molar-refractivity contribution in [3.05, 3.63) is 37.3 Å². The van der Waals surface area contributed by atoms with Crippen LogP contribution < -0.4 is 5.73 Å². The molecule has 0 spiro atoms. The number of rotatable bonds is 2. The number of hydrogen-bond donors (Lipinski definition) is 1. The van der Waals surface area contributed by atoms with Gasteiger partial charge in [0.25, 0.3) is 0 Å². The van der Waals surface area contributed by atoms with Crippen LogP contribution in [0.15, 0.2) is 17.2 Å². The first-order chi connectivity index (χ1) is 6.15. The SMILES string of the molecule is Cc1c(N)cc(CN=[N+]=[N-])cc1I. The van der Waals surface area contributed by atoms with Crippen LogP contribution in [0.1, 0.15) is 11.1 Å². The molecule has 5 heteroatoms. The van der Waals surface area contributed by atoms with Gasteiger partial charge >= 0.3 is 0 Å². The van der Waals surface area contributed by atoms with Gasteiger partial charge in [0.1, 0.15) is 0 Å². The highest BCUT2D eigenvalue weighted by Gasteiger charge is 2.01. The molecule has 0 aliphatic rings. The topological polar surface area (TPSA) is 74.8 Å². The summed E-state index contributed by atoms with van der Waals surface area (Å²) in [5, 5.41) is 3.48. The summed E-state index contributed by atoms with van der Waals surface area (Å²) < 4.78 is 1.10. The summed E-state index contributed by atoms with van der Waals surface area (Å²) in [7, 11) is 0. The average molecular weight is 288 g/mol. The van der Waals surface area contributed by atoms with E-state index < -0.39 is 0 Å². The molecule has 0 unspecified atom stereocenters. The van der Waals surface area contributed by atoms with Gasteiger partial charge in [0.05, 0.1) is 6.54 Å². The van der Waals surface area contributed by atoms with Crippen molar-refractivity contribution >= 4 is 28.3 Å². The van der Waals surface area contributed by atoms with Crippen molar-refractivity contribution < 1.29 is 0 Å². The first-order valence-corrected chi connectivity index (χ1v) is 4.78. The third-order valence-electron chi connectivity index (χ3n) is 1.76. The molecule has 0 aliphatic carbocycles. The standard InChI is InChI=1S/C8H9IN4/c1-5-7(9)2-6(3-8(5)10)4-12-13-11/h2-3H,4,10H2,1H3. The van der Waals surface area contributed by atoms with Crippen molar-refractivity contribution in [2.24, 2.45) is 5.11 Å². The van der Waals surface area contributed by atoms with E-state index in [1.165, 1.54) is 0 Å². The number of halogens is 1.